The van der Waals surface area contributed by atoms with E-state index < -0.39 is 0 Å². The zero-order chi connectivity index (χ0) is 21.5. The van der Waals surface area contributed by atoms with E-state index in [1.54, 1.807) is 6.20 Å². The lowest BCUT2D eigenvalue weighted by Crippen LogP contribution is -2.13. The van der Waals surface area contributed by atoms with Gasteiger partial charge >= 0.3 is 0 Å². The SMILES string of the molecule is CC.N=Cc1c(N)ccc2nc(/C(C=NC3CCCCC3)=C/N)c3c(c12)CCCC3. The van der Waals surface area contributed by atoms with Gasteiger partial charge in [0, 0.05) is 46.9 Å². The molecular weight excluding hydrogens is 370 g/mol. The maximum atomic E-state index is 7.85. The van der Waals surface area contributed by atoms with Crippen LogP contribution in [0.1, 0.15) is 81.2 Å². The minimum absolute atomic E-state index is 0.407. The molecule has 0 spiro atoms. The zero-order valence-electron chi connectivity index (χ0n) is 18.4. The second-order valence-corrected chi connectivity index (χ2v) is 7.92. The van der Waals surface area contributed by atoms with Crippen LogP contribution in [0.5, 0.6) is 0 Å². The topological polar surface area (TPSA) is 101 Å². The molecule has 2 aromatic rings. The molecule has 2 aliphatic rings. The van der Waals surface area contributed by atoms with Crippen molar-refractivity contribution in [1.29, 1.82) is 5.41 Å². The molecule has 5 nitrogen and oxygen atoms in total. The molecule has 0 amide bonds. The molecule has 1 heterocycles. The molecular formula is C25H35N5. The van der Waals surface area contributed by atoms with Gasteiger partial charge in [-0.15, -0.1) is 0 Å². The van der Waals surface area contributed by atoms with E-state index in [0.717, 1.165) is 53.4 Å². The molecule has 1 aromatic heterocycles. The van der Waals surface area contributed by atoms with E-state index in [0.29, 0.717) is 11.7 Å². The Bertz CT molecular complexity index is 952. The average molecular weight is 406 g/mol. The predicted octanol–water partition coefficient (Wildman–Crippen LogP) is 5.42. The van der Waals surface area contributed by atoms with E-state index >= 15 is 0 Å². The zero-order valence-corrected chi connectivity index (χ0v) is 18.4. The lowest BCUT2D eigenvalue weighted by atomic mass is 9.85. The summed E-state index contributed by atoms with van der Waals surface area (Å²) in [4.78, 5) is 9.81. The summed E-state index contributed by atoms with van der Waals surface area (Å²) < 4.78 is 0. The Balaban J connectivity index is 0.00000124. The van der Waals surface area contributed by atoms with Gasteiger partial charge < -0.3 is 16.9 Å². The number of aliphatic imine (C=N–C) groups is 1. The van der Waals surface area contributed by atoms with Gasteiger partial charge in [-0.3, -0.25) is 4.99 Å². The first-order valence-electron chi connectivity index (χ1n) is 11.4. The van der Waals surface area contributed by atoms with Gasteiger partial charge in [0.2, 0.25) is 0 Å². The van der Waals surface area contributed by atoms with Crippen molar-refractivity contribution in [2.45, 2.75) is 77.7 Å². The highest BCUT2D eigenvalue weighted by atomic mass is 14.8. The van der Waals surface area contributed by atoms with Crippen LogP contribution in [0.3, 0.4) is 0 Å². The number of nitrogens with zero attached hydrogens (tertiary/aromatic N) is 2. The smallest absolute Gasteiger partial charge is 0.0774 e. The molecule has 5 heteroatoms. The number of aryl methyl sites for hydroxylation is 1. The van der Waals surface area contributed by atoms with Crippen molar-refractivity contribution in [3.8, 4) is 0 Å². The van der Waals surface area contributed by atoms with Crippen LogP contribution in [0.15, 0.2) is 23.3 Å². The maximum absolute atomic E-state index is 7.85. The average Bonchev–Trinajstić information content (AvgIpc) is 2.81. The summed E-state index contributed by atoms with van der Waals surface area (Å²) in [7, 11) is 0. The fourth-order valence-electron chi connectivity index (χ4n) is 4.66. The number of nitrogen functional groups attached to an aromatic ring is 1. The van der Waals surface area contributed by atoms with Gasteiger partial charge in [-0.05, 0) is 61.8 Å². The van der Waals surface area contributed by atoms with Gasteiger partial charge in [0.1, 0.15) is 0 Å². The lowest BCUT2D eigenvalue weighted by molar-refractivity contribution is 0.444. The van der Waals surface area contributed by atoms with E-state index in [4.69, 9.17) is 26.9 Å². The number of hydrogen-bond donors (Lipinski definition) is 3. The molecule has 0 unspecified atom stereocenters. The minimum atomic E-state index is 0.407. The van der Waals surface area contributed by atoms with Gasteiger partial charge in [-0.1, -0.05) is 33.1 Å². The van der Waals surface area contributed by atoms with Gasteiger partial charge in [0.25, 0.3) is 0 Å². The molecule has 160 valence electrons. The Kier molecular flexibility index (Phi) is 7.61. The quantitative estimate of drug-likeness (QED) is 0.467. The van der Waals surface area contributed by atoms with Crippen LogP contribution in [0.2, 0.25) is 0 Å². The summed E-state index contributed by atoms with van der Waals surface area (Å²) in [6.45, 7) is 4.00. The molecule has 30 heavy (non-hydrogen) atoms. The largest absolute Gasteiger partial charge is 0.404 e. The Morgan fingerprint density at radius 1 is 1.07 bits per heavy atom. The molecule has 1 saturated carbocycles. The van der Waals surface area contributed by atoms with Crippen LogP contribution in [0.25, 0.3) is 16.5 Å². The predicted molar refractivity (Wildman–Crippen MR) is 130 cm³/mol. The van der Waals surface area contributed by atoms with Crippen LogP contribution in [-0.2, 0) is 12.8 Å². The Labute approximate surface area is 180 Å². The standard InChI is InChI=1S/C23H29N5.C2H6/c24-12-15(14-27-16-6-2-1-3-7-16)23-18-9-5-4-8-17(18)22-19(13-25)20(26)10-11-21(22)28-23;1-2/h10-14,16,25H,1-9,24,26H2;1-2H3/b15-12+,25-13?,27-14?;. The van der Waals surface area contributed by atoms with Crippen LogP contribution in [-0.4, -0.2) is 23.5 Å². The third-order valence-corrected chi connectivity index (χ3v) is 6.14. The number of hydrogen-bond acceptors (Lipinski definition) is 5. The van der Waals surface area contributed by atoms with Gasteiger partial charge in [-0.25, -0.2) is 4.98 Å². The summed E-state index contributed by atoms with van der Waals surface area (Å²) in [6.07, 6.45) is 15.4. The highest BCUT2D eigenvalue weighted by Gasteiger charge is 2.22. The van der Waals surface area contributed by atoms with Crippen LogP contribution in [0.4, 0.5) is 5.69 Å². The summed E-state index contributed by atoms with van der Waals surface area (Å²) in [5.41, 5.74) is 18.9. The second-order valence-electron chi connectivity index (χ2n) is 7.92. The molecule has 0 radical (unpaired) electrons. The molecule has 4 rings (SSSR count). The van der Waals surface area contributed by atoms with Crippen molar-refractivity contribution in [3.05, 3.63) is 40.7 Å². The Morgan fingerprint density at radius 3 is 2.43 bits per heavy atom. The number of benzene rings is 1. The van der Waals surface area contributed by atoms with Crippen molar-refractivity contribution >= 4 is 34.6 Å². The van der Waals surface area contributed by atoms with Crippen LogP contribution in [0, 0.1) is 5.41 Å². The number of nitrogens with one attached hydrogen (secondary N) is 1. The highest BCUT2D eigenvalue weighted by molar-refractivity contribution is 6.11. The lowest BCUT2D eigenvalue weighted by Gasteiger charge is -2.23. The summed E-state index contributed by atoms with van der Waals surface area (Å²) in [6, 6.07) is 4.21. The van der Waals surface area contributed by atoms with Gasteiger partial charge in [0.15, 0.2) is 0 Å². The summed E-state index contributed by atoms with van der Waals surface area (Å²) in [5, 5.41) is 8.89. The van der Waals surface area contributed by atoms with E-state index in [1.807, 2.05) is 32.2 Å². The fourth-order valence-corrected chi connectivity index (χ4v) is 4.66. The van der Waals surface area contributed by atoms with E-state index in [1.165, 1.54) is 49.4 Å². The molecule has 5 N–H and O–H groups in total. The number of anilines is 1. The molecule has 1 fully saturated rings. The van der Waals surface area contributed by atoms with Crippen molar-refractivity contribution in [1.82, 2.24) is 4.98 Å². The molecule has 0 saturated heterocycles. The van der Waals surface area contributed by atoms with Crippen molar-refractivity contribution < 1.29 is 0 Å². The first kappa shape index (κ1) is 22.0. The fraction of sp³-hybridized carbons (Fsp3) is 0.480. The van der Waals surface area contributed by atoms with Crippen LogP contribution < -0.4 is 11.5 Å². The molecule has 0 bridgehead atoms. The molecule has 1 aromatic carbocycles. The molecule has 0 aliphatic heterocycles. The number of pyridine rings is 1. The second kappa shape index (κ2) is 10.4. The number of fused-ring (bicyclic) bond motifs is 3. The Hall–Kier alpha value is -2.69. The Morgan fingerprint density at radius 2 is 1.77 bits per heavy atom. The first-order valence-corrected chi connectivity index (χ1v) is 11.4. The van der Waals surface area contributed by atoms with Gasteiger partial charge in [0.05, 0.1) is 11.2 Å². The number of allylic oxidation sites excluding steroid dienone is 1. The molecule has 2 aliphatic carbocycles. The van der Waals surface area contributed by atoms with E-state index in [9.17, 15) is 0 Å². The minimum Gasteiger partial charge on any atom is -0.404 e. The van der Waals surface area contributed by atoms with Gasteiger partial charge in [-0.2, -0.15) is 0 Å². The number of nitrogens with two attached hydrogens (primary N) is 2. The van der Waals surface area contributed by atoms with E-state index in [2.05, 4.69) is 0 Å². The van der Waals surface area contributed by atoms with Crippen LogP contribution >= 0.6 is 0 Å². The summed E-state index contributed by atoms with van der Waals surface area (Å²) in [5.74, 6) is 0. The number of aromatic nitrogens is 1. The molecule has 0 atom stereocenters. The monoisotopic (exact) mass is 405 g/mol. The van der Waals surface area contributed by atoms with Crippen molar-refractivity contribution in [2.75, 3.05) is 5.73 Å². The van der Waals surface area contributed by atoms with Crippen molar-refractivity contribution in [3.63, 3.8) is 0 Å². The normalized spacial score (nSPS) is 17.5. The third-order valence-electron chi connectivity index (χ3n) is 6.14. The third kappa shape index (κ3) is 4.40. The first-order chi connectivity index (χ1) is 14.7. The maximum Gasteiger partial charge on any atom is 0.0774 e. The summed E-state index contributed by atoms with van der Waals surface area (Å²) >= 11 is 0. The van der Waals surface area contributed by atoms with Crippen molar-refractivity contribution in [2.24, 2.45) is 10.7 Å². The van der Waals surface area contributed by atoms with E-state index in [-0.39, 0.29) is 0 Å². The highest BCUT2D eigenvalue weighted by Crippen LogP contribution is 2.35. The number of rotatable bonds is 4.